The number of benzene rings is 1. The minimum absolute atomic E-state index is 0.101. The van der Waals surface area contributed by atoms with Gasteiger partial charge in [0.15, 0.2) is 0 Å². The van der Waals surface area contributed by atoms with Gasteiger partial charge in [-0.15, -0.1) is 0 Å². The quantitative estimate of drug-likeness (QED) is 0.832. The van der Waals surface area contributed by atoms with E-state index >= 15 is 0 Å². The van der Waals surface area contributed by atoms with E-state index in [9.17, 15) is 4.39 Å². The Hall–Kier alpha value is -0.930. The highest BCUT2D eigenvalue weighted by Crippen LogP contribution is 2.43. The van der Waals surface area contributed by atoms with Gasteiger partial charge < -0.3 is 10.1 Å². The van der Waals surface area contributed by atoms with Crippen LogP contribution in [0.2, 0.25) is 0 Å². The van der Waals surface area contributed by atoms with Crippen molar-refractivity contribution < 1.29 is 9.13 Å². The SMILES string of the molecule is Fc1ccccc1CCNCC1CCC2(CCCC2)O1. The highest BCUT2D eigenvalue weighted by atomic mass is 19.1. The van der Waals surface area contributed by atoms with Gasteiger partial charge in [0.2, 0.25) is 0 Å². The van der Waals surface area contributed by atoms with E-state index in [0.717, 1.165) is 25.1 Å². The van der Waals surface area contributed by atoms with Crippen molar-refractivity contribution in [3.8, 4) is 0 Å². The molecule has 20 heavy (non-hydrogen) atoms. The van der Waals surface area contributed by atoms with E-state index in [1.54, 1.807) is 6.07 Å². The van der Waals surface area contributed by atoms with Crippen molar-refractivity contribution in [2.45, 2.75) is 56.7 Å². The Balaban J connectivity index is 1.38. The smallest absolute Gasteiger partial charge is 0.126 e. The van der Waals surface area contributed by atoms with Gasteiger partial charge in [-0.2, -0.15) is 0 Å². The van der Waals surface area contributed by atoms with Crippen molar-refractivity contribution in [1.29, 1.82) is 0 Å². The first-order chi connectivity index (χ1) is 9.77. The lowest BCUT2D eigenvalue weighted by molar-refractivity contribution is -0.0349. The highest BCUT2D eigenvalue weighted by Gasteiger charge is 2.41. The summed E-state index contributed by atoms with van der Waals surface area (Å²) in [5, 5.41) is 3.42. The van der Waals surface area contributed by atoms with Gasteiger partial charge in [0.05, 0.1) is 11.7 Å². The first kappa shape index (κ1) is 14.0. The van der Waals surface area contributed by atoms with Gasteiger partial charge in [0.1, 0.15) is 5.82 Å². The normalized spacial score (nSPS) is 24.6. The largest absolute Gasteiger partial charge is 0.370 e. The Morgan fingerprint density at radius 3 is 2.80 bits per heavy atom. The highest BCUT2D eigenvalue weighted by molar-refractivity contribution is 5.17. The Morgan fingerprint density at radius 2 is 2.00 bits per heavy atom. The van der Waals surface area contributed by atoms with Gasteiger partial charge in [0.25, 0.3) is 0 Å². The molecular formula is C17H24FNO. The van der Waals surface area contributed by atoms with Crippen LogP contribution in [0.1, 0.15) is 44.1 Å². The zero-order chi connectivity index (χ0) is 13.8. The molecule has 2 aliphatic rings. The van der Waals surface area contributed by atoms with Crippen LogP contribution in [0.15, 0.2) is 24.3 Å². The van der Waals surface area contributed by atoms with E-state index < -0.39 is 0 Å². The summed E-state index contributed by atoms with van der Waals surface area (Å²) >= 11 is 0. The molecule has 1 heterocycles. The second-order valence-electron chi connectivity index (χ2n) is 6.21. The standard InChI is InChI=1S/C17H24FNO/c18-16-6-2-1-5-14(16)8-12-19-13-15-7-11-17(20-15)9-3-4-10-17/h1-2,5-6,15,19H,3-4,7-13H2. The molecule has 0 radical (unpaired) electrons. The third-order valence-electron chi connectivity index (χ3n) is 4.75. The Labute approximate surface area is 120 Å². The third-order valence-corrected chi connectivity index (χ3v) is 4.75. The van der Waals surface area contributed by atoms with Crippen molar-refractivity contribution in [3.63, 3.8) is 0 Å². The molecule has 0 amide bonds. The van der Waals surface area contributed by atoms with Gasteiger partial charge in [-0.25, -0.2) is 4.39 Å². The average molecular weight is 277 g/mol. The van der Waals surface area contributed by atoms with Crippen LogP contribution in [0.3, 0.4) is 0 Å². The topological polar surface area (TPSA) is 21.3 Å². The predicted molar refractivity (Wildman–Crippen MR) is 78.3 cm³/mol. The number of hydrogen-bond acceptors (Lipinski definition) is 2. The number of rotatable bonds is 5. The van der Waals surface area contributed by atoms with Crippen LogP contribution < -0.4 is 5.32 Å². The van der Waals surface area contributed by atoms with Gasteiger partial charge in [-0.3, -0.25) is 0 Å². The summed E-state index contributed by atoms with van der Waals surface area (Å²) in [5.74, 6) is -0.101. The van der Waals surface area contributed by atoms with Crippen molar-refractivity contribution in [2.24, 2.45) is 0 Å². The zero-order valence-corrected chi connectivity index (χ0v) is 12.0. The maximum atomic E-state index is 13.5. The average Bonchev–Trinajstić information content (AvgIpc) is 3.08. The summed E-state index contributed by atoms with van der Waals surface area (Å²) < 4.78 is 19.7. The Kier molecular flexibility index (Phi) is 4.37. The molecule has 2 nitrogen and oxygen atoms in total. The number of hydrogen-bond donors (Lipinski definition) is 1. The summed E-state index contributed by atoms with van der Waals surface area (Å²) in [5.41, 5.74) is 1.01. The van der Waals surface area contributed by atoms with Crippen LogP contribution in [0.5, 0.6) is 0 Å². The fourth-order valence-corrected chi connectivity index (χ4v) is 3.61. The second kappa shape index (κ2) is 6.23. The minimum Gasteiger partial charge on any atom is -0.370 e. The molecule has 3 rings (SSSR count). The molecule has 1 N–H and O–H groups in total. The molecule has 1 aromatic carbocycles. The maximum Gasteiger partial charge on any atom is 0.126 e. The molecular weight excluding hydrogens is 253 g/mol. The maximum absolute atomic E-state index is 13.5. The monoisotopic (exact) mass is 277 g/mol. The van der Waals surface area contributed by atoms with E-state index in [2.05, 4.69) is 5.32 Å². The van der Waals surface area contributed by atoms with E-state index in [0.29, 0.717) is 6.10 Å². The summed E-state index contributed by atoms with van der Waals surface area (Å²) in [6, 6.07) is 7.01. The second-order valence-corrected chi connectivity index (χ2v) is 6.21. The lowest BCUT2D eigenvalue weighted by Gasteiger charge is -2.23. The molecule has 110 valence electrons. The lowest BCUT2D eigenvalue weighted by atomic mass is 9.98. The molecule has 2 fully saturated rings. The molecule has 1 aromatic rings. The van der Waals surface area contributed by atoms with E-state index in [4.69, 9.17) is 4.74 Å². The zero-order valence-electron chi connectivity index (χ0n) is 12.0. The fraction of sp³-hybridized carbons (Fsp3) is 0.647. The minimum atomic E-state index is -0.101. The third kappa shape index (κ3) is 3.21. The molecule has 1 saturated heterocycles. The van der Waals surface area contributed by atoms with Crippen molar-refractivity contribution in [1.82, 2.24) is 5.32 Å². The predicted octanol–water partition coefficient (Wildman–Crippen LogP) is 3.45. The summed E-state index contributed by atoms with van der Waals surface area (Å²) in [6.45, 7) is 1.71. The van der Waals surface area contributed by atoms with E-state index in [-0.39, 0.29) is 11.4 Å². The number of nitrogens with one attached hydrogen (secondary N) is 1. The first-order valence-electron chi connectivity index (χ1n) is 7.89. The van der Waals surface area contributed by atoms with Crippen molar-refractivity contribution in [2.75, 3.05) is 13.1 Å². The van der Waals surface area contributed by atoms with Crippen LogP contribution in [0.25, 0.3) is 0 Å². The van der Waals surface area contributed by atoms with E-state index in [1.807, 2.05) is 12.1 Å². The molecule has 1 unspecified atom stereocenters. The van der Waals surface area contributed by atoms with Crippen LogP contribution in [-0.4, -0.2) is 24.8 Å². The van der Waals surface area contributed by atoms with Crippen molar-refractivity contribution in [3.05, 3.63) is 35.6 Å². The van der Waals surface area contributed by atoms with E-state index in [1.165, 1.54) is 44.6 Å². The summed E-state index contributed by atoms with van der Waals surface area (Å²) in [4.78, 5) is 0. The Morgan fingerprint density at radius 1 is 1.20 bits per heavy atom. The fourth-order valence-electron chi connectivity index (χ4n) is 3.61. The van der Waals surface area contributed by atoms with Gasteiger partial charge in [-0.05, 0) is 50.3 Å². The molecule has 0 aromatic heterocycles. The van der Waals surface area contributed by atoms with Crippen LogP contribution in [-0.2, 0) is 11.2 Å². The van der Waals surface area contributed by atoms with Crippen LogP contribution in [0, 0.1) is 5.82 Å². The summed E-state index contributed by atoms with van der Waals surface area (Å²) in [7, 11) is 0. The molecule has 1 aliphatic carbocycles. The number of ether oxygens (including phenoxy) is 1. The molecule has 0 bridgehead atoms. The molecule has 3 heteroatoms. The molecule has 1 aliphatic heterocycles. The first-order valence-corrected chi connectivity index (χ1v) is 7.89. The summed E-state index contributed by atoms with van der Waals surface area (Å²) in [6.07, 6.45) is 8.65. The lowest BCUT2D eigenvalue weighted by Crippen LogP contribution is -2.32. The van der Waals surface area contributed by atoms with Crippen LogP contribution in [0.4, 0.5) is 4.39 Å². The Bertz CT molecular complexity index is 442. The molecule has 1 atom stereocenters. The van der Waals surface area contributed by atoms with Gasteiger partial charge >= 0.3 is 0 Å². The molecule has 1 spiro atoms. The molecule has 1 saturated carbocycles. The van der Waals surface area contributed by atoms with Gasteiger partial charge in [-0.1, -0.05) is 31.0 Å². The van der Waals surface area contributed by atoms with Crippen LogP contribution >= 0.6 is 0 Å². The van der Waals surface area contributed by atoms with Gasteiger partial charge in [0, 0.05) is 6.54 Å². The van der Waals surface area contributed by atoms with Crippen molar-refractivity contribution >= 4 is 0 Å². The number of halogens is 1.